The molecule has 3 rings (SSSR count). The fourth-order valence-electron chi connectivity index (χ4n) is 1.99. The van der Waals surface area contributed by atoms with Gasteiger partial charge in [0.2, 0.25) is 0 Å². The highest BCUT2D eigenvalue weighted by Crippen LogP contribution is 2.36. The summed E-state index contributed by atoms with van der Waals surface area (Å²) < 4.78 is 0. The normalized spacial score (nSPS) is 10.7. The first-order valence-corrected chi connectivity index (χ1v) is 7.79. The third-order valence-electron chi connectivity index (χ3n) is 2.99. The van der Waals surface area contributed by atoms with E-state index in [9.17, 15) is 0 Å². The Labute approximate surface area is 116 Å². The van der Waals surface area contributed by atoms with Gasteiger partial charge in [-0.25, -0.2) is 0 Å². The monoisotopic (exact) mass is 270 g/mol. The minimum absolute atomic E-state index is 1.09. The van der Waals surface area contributed by atoms with Crippen molar-refractivity contribution in [3.8, 4) is 20.2 Å². The number of hydrogen-bond donors (Lipinski definition) is 0. The smallest absolute Gasteiger partial charge is 0.0449 e. The van der Waals surface area contributed by atoms with Crippen LogP contribution in [0, 0.1) is 0 Å². The standard InChI is InChI=1S/C16H14S2/c1-2-12-5-3-6-13(11-12)14-8-9-16(18-14)15-7-4-10-17-15/h3-11H,2H2,1H3. The van der Waals surface area contributed by atoms with E-state index in [0.29, 0.717) is 0 Å². The maximum absolute atomic E-state index is 2.30. The first-order chi connectivity index (χ1) is 8.86. The lowest BCUT2D eigenvalue weighted by Crippen LogP contribution is -1.79. The maximum atomic E-state index is 2.30. The van der Waals surface area contributed by atoms with Crippen LogP contribution < -0.4 is 0 Å². The van der Waals surface area contributed by atoms with E-state index in [-0.39, 0.29) is 0 Å². The van der Waals surface area contributed by atoms with E-state index in [0.717, 1.165) is 6.42 Å². The first-order valence-electron chi connectivity index (χ1n) is 6.10. The molecule has 0 aliphatic carbocycles. The van der Waals surface area contributed by atoms with Crippen molar-refractivity contribution in [2.75, 3.05) is 0 Å². The van der Waals surface area contributed by atoms with Crippen molar-refractivity contribution in [1.82, 2.24) is 0 Å². The molecule has 2 heteroatoms. The van der Waals surface area contributed by atoms with E-state index < -0.39 is 0 Å². The van der Waals surface area contributed by atoms with Crippen molar-refractivity contribution in [2.24, 2.45) is 0 Å². The molecule has 0 nitrogen and oxygen atoms in total. The molecule has 2 aromatic heterocycles. The van der Waals surface area contributed by atoms with Gasteiger partial charge in [0.05, 0.1) is 0 Å². The molecule has 1 aromatic carbocycles. The van der Waals surface area contributed by atoms with Crippen LogP contribution in [0.2, 0.25) is 0 Å². The number of rotatable bonds is 3. The molecule has 3 aromatic rings. The van der Waals surface area contributed by atoms with Crippen molar-refractivity contribution in [3.05, 3.63) is 59.5 Å². The maximum Gasteiger partial charge on any atom is 0.0449 e. The SMILES string of the molecule is CCc1cccc(-c2ccc(-c3cccs3)s2)c1. The molecule has 0 saturated carbocycles. The third kappa shape index (κ3) is 2.26. The Morgan fingerprint density at radius 2 is 1.78 bits per heavy atom. The Balaban J connectivity index is 1.97. The van der Waals surface area contributed by atoms with E-state index in [1.54, 1.807) is 11.3 Å². The van der Waals surface area contributed by atoms with Gasteiger partial charge in [0, 0.05) is 14.6 Å². The molecule has 0 amide bonds. The molecular formula is C16H14S2. The quantitative estimate of drug-likeness (QED) is 0.572. The van der Waals surface area contributed by atoms with Crippen LogP contribution in [-0.2, 0) is 6.42 Å². The lowest BCUT2D eigenvalue weighted by molar-refractivity contribution is 1.14. The van der Waals surface area contributed by atoms with E-state index in [2.05, 4.69) is 60.8 Å². The second kappa shape index (κ2) is 5.09. The average molecular weight is 270 g/mol. The predicted octanol–water partition coefficient (Wildman–Crippen LogP) is 5.71. The molecular weight excluding hydrogens is 256 g/mol. The zero-order chi connectivity index (χ0) is 12.4. The van der Waals surface area contributed by atoms with Gasteiger partial charge in [-0.3, -0.25) is 0 Å². The molecule has 0 fully saturated rings. The van der Waals surface area contributed by atoms with Crippen molar-refractivity contribution < 1.29 is 0 Å². The summed E-state index contributed by atoms with van der Waals surface area (Å²) in [5.41, 5.74) is 2.74. The van der Waals surface area contributed by atoms with Gasteiger partial charge in [0.25, 0.3) is 0 Å². The zero-order valence-electron chi connectivity index (χ0n) is 10.2. The Bertz CT molecular complexity index is 633. The van der Waals surface area contributed by atoms with Crippen LogP contribution in [0.1, 0.15) is 12.5 Å². The molecule has 0 N–H and O–H groups in total. The highest BCUT2D eigenvalue weighted by Gasteiger charge is 2.05. The van der Waals surface area contributed by atoms with Crippen LogP contribution >= 0.6 is 22.7 Å². The van der Waals surface area contributed by atoms with Gasteiger partial charge < -0.3 is 0 Å². The molecule has 0 saturated heterocycles. The summed E-state index contributed by atoms with van der Waals surface area (Å²) in [7, 11) is 0. The van der Waals surface area contributed by atoms with Crippen LogP contribution in [0.25, 0.3) is 20.2 Å². The van der Waals surface area contributed by atoms with E-state index in [1.165, 1.54) is 25.8 Å². The first kappa shape index (κ1) is 11.7. The second-order valence-electron chi connectivity index (χ2n) is 4.20. The van der Waals surface area contributed by atoms with Gasteiger partial charge in [-0.2, -0.15) is 0 Å². The molecule has 0 aliphatic rings. The lowest BCUT2D eigenvalue weighted by Gasteiger charge is -2.00. The van der Waals surface area contributed by atoms with E-state index in [4.69, 9.17) is 0 Å². The van der Waals surface area contributed by atoms with Crippen molar-refractivity contribution >= 4 is 22.7 Å². The highest BCUT2D eigenvalue weighted by atomic mass is 32.1. The number of hydrogen-bond acceptors (Lipinski definition) is 2. The summed E-state index contributed by atoms with van der Waals surface area (Å²) in [5, 5.41) is 2.13. The molecule has 0 aliphatic heterocycles. The van der Waals surface area contributed by atoms with Gasteiger partial charge in [0.1, 0.15) is 0 Å². The van der Waals surface area contributed by atoms with Gasteiger partial charge in [-0.05, 0) is 41.1 Å². The largest absolute Gasteiger partial charge is 0.143 e. The molecule has 0 atom stereocenters. The number of benzene rings is 1. The summed E-state index contributed by atoms with van der Waals surface area (Å²) in [6.45, 7) is 2.20. The topological polar surface area (TPSA) is 0 Å². The Hall–Kier alpha value is -1.38. The Kier molecular flexibility index (Phi) is 3.31. The van der Waals surface area contributed by atoms with Gasteiger partial charge in [-0.1, -0.05) is 37.3 Å². The Morgan fingerprint density at radius 1 is 0.889 bits per heavy atom. The van der Waals surface area contributed by atoms with Crippen molar-refractivity contribution in [1.29, 1.82) is 0 Å². The minimum Gasteiger partial charge on any atom is -0.143 e. The molecule has 2 heterocycles. The zero-order valence-corrected chi connectivity index (χ0v) is 11.9. The fourth-order valence-corrected chi connectivity index (χ4v) is 3.83. The highest BCUT2D eigenvalue weighted by molar-refractivity contribution is 7.23. The molecule has 0 spiro atoms. The average Bonchev–Trinajstić information content (AvgIpc) is 3.09. The van der Waals surface area contributed by atoms with Crippen molar-refractivity contribution in [2.45, 2.75) is 13.3 Å². The van der Waals surface area contributed by atoms with Crippen LogP contribution in [0.4, 0.5) is 0 Å². The number of aryl methyl sites for hydroxylation is 1. The lowest BCUT2D eigenvalue weighted by atomic mass is 10.1. The van der Waals surface area contributed by atoms with Crippen molar-refractivity contribution in [3.63, 3.8) is 0 Å². The van der Waals surface area contributed by atoms with Gasteiger partial charge >= 0.3 is 0 Å². The van der Waals surface area contributed by atoms with Crippen LogP contribution in [0.5, 0.6) is 0 Å². The van der Waals surface area contributed by atoms with E-state index in [1.807, 2.05) is 11.3 Å². The molecule has 18 heavy (non-hydrogen) atoms. The van der Waals surface area contributed by atoms with Crippen LogP contribution in [-0.4, -0.2) is 0 Å². The molecule has 0 bridgehead atoms. The molecule has 0 unspecified atom stereocenters. The second-order valence-corrected chi connectivity index (χ2v) is 6.23. The van der Waals surface area contributed by atoms with E-state index >= 15 is 0 Å². The molecule has 0 radical (unpaired) electrons. The molecule has 90 valence electrons. The summed E-state index contributed by atoms with van der Waals surface area (Å²) >= 11 is 3.68. The fraction of sp³-hybridized carbons (Fsp3) is 0.125. The third-order valence-corrected chi connectivity index (χ3v) is 5.19. The Morgan fingerprint density at radius 3 is 2.56 bits per heavy atom. The summed E-state index contributed by atoms with van der Waals surface area (Å²) in [6.07, 6.45) is 1.09. The van der Waals surface area contributed by atoms with Gasteiger partial charge in [0.15, 0.2) is 0 Å². The van der Waals surface area contributed by atoms with Crippen LogP contribution in [0.15, 0.2) is 53.9 Å². The predicted molar refractivity (Wildman–Crippen MR) is 82.4 cm³/mol. The van der Waals surface area contributed by atoms with Crippen LogP contribution in [0.3, 0.4) is 0 Å². The van der Waals surface area contributed by atoms with Gasteiger partial charge in [-0.15, -0.1) is 22.7 Å². The summed E-state index contributed by atoms with van der Waals surface area (Å²) in [5.74, 6) is 0. The summed E-state index contributed by atoms with van der Waals surface area (Å²) in [6, 6.07) is 17.6. The minimum atomic E-state index is 1.09. The number of thiophene rings is 2. The summed E-state index contributed by atoms with van der Waals surface area (Å²) in [4.78, 5) is 4.08.